The van der Waals surface area contributed by atoms with Gasteiger partial charge in [-0.15, -0.1) is 0 Å². The normalized spacial score (nSPS) is 19.9. The Kier molecular flexibility index (Phi) is 4.56. The topological polar surface area (TPSA) is 28.2 Å². The van der Waals surface area contributed by atoms with Crippen LogP contribution in [0.1, 0.15) is 56.7 Å². The molecule has 20 heavy (non-hydrogen) atoms. The van der Waals surface area contributed by atoms with E-state index in [0.29, 0.717) is 0 Å². The van der Waals surface area contributed by atoms with Crippen LogP contribution in [-0.4, -0.2) is 24.1 Å². The highest BCUT2D eigenvalue weighted by molar-refractivity contribution is 5.43. The number of hydrogen-bond acceptors (Lipinski definition) is 3. The van der Waals surface area contributed by atoms with Crippen molar-refractivity contribution in [1.82, 2.24) is 10.3 Å². The van der Waals surface area contributed by atoms with Gasteiger partial charge in [-0.3, -0.25) is 0 Å². The van der Waals surface area contributed by atoms with Gasteiger partial charge in [-0.2, -0.15) is 0 Å². The third-order valence-corrected chi connectivity index (χ3v) is 4.39. The molecule has 2 heterocycles. The van der Waals surface area contributed by atoms with Gasteiger partial charge in [0.1, 0.15) is 5.82 Å². The minimum absolute atomic E-state index is 0.773. The Morgan fingerprint density at radius 3 is 2.55 bits per heavy atom. The number of nitrogens with zero attached hydrogens (tertiary/aromatic N) is 2. The summed E-state index contributed by atoms with van der Waals surface area (Å²) in [7, 11) is 0. The summed E-state index contributed by atoms with van der Waals surface area (Å²) in [5.41, 5.74) is 2.64. The van der Waals surface area contributed by atoms with Gasteiger partial charge < -0.3 is 10.2 Å². The number of aryl methyl sites for hydroxylation is 1. The third kappa shape index (κ3) is 3.72. The number of rotatable bonds is 5. The Hall–Kier alpha value is -1.09. The maximum Gasteiger partial charge on any atom is 0.129 e. The SMILES string of the molecule is CCc1cc(CNC2CC2)cc(N2CCCCCC2)n1. The predicted octanol–water partition coefficient (Wildman–Crippen LogP) is 3.28. The largest absolute Gasteiger partial charge is 0.357 e. The molecule has 3 nitrogen and oxygen atoms in total. The van der Waals surface area contributed by atoms with Crippen LogP contribution in [0.3, 0.4) is 0 Å². The van der Waals surface area contributed by atoms with Crippen molar-refractivity contribution in [2.75, 3.05) is 18.0 Å². The molecular formula is C17H27N3. The zero-order chi connectivity index (χ0) is 13.8. The van der Waals surface area contributed by atoms with Gasteiger partial charge in [0.05, 0.1) is 0 Å². The van der Waals surface area contributed by atoms with Gasteiger partial charge in [-0.1, -0.05) is 19.8 Å². The lowest BCUT2D eigenvalue weighted by Gasteiger charge is -2.23. The van der Waals surface area contributed by atoms with Crippen LogP contribution in [0.2, 0.25) is 0 Å². The van der Waals surface area contributed by atoms with E-state index in [0.717, 1.165) is 19.0 Å². The molecule has 3 heteroatoms. The van der Waals surface area contributed by atoms with E-state index in [-0.39, 0.29) is 0 Å². The van der Waals surface area contributed by atoms with Crippen molar-refractivity contribution in [3.05, 3.63) is 23.4 Å². The second kappa shape index (κ2) is 6.57. The Morgan fingerprint density at radius 2 is 1.90 bits per heavy atom. The van der Waals surface area contributed by atoms with Crippen LogP contribution in [0.5, 0.6) is 0 Å². The summed E-state index contributed by atoms with van der Waals surface area (Å²) >= 11 is 0. The smallest absolute Gasteiger partial charge is 0.129 e. The zero-order valence-corrected chi connectivity index (χ0v) is 12.7. The summed E-state index contributed by atoms with van der Waals surface area (Å²) in [5.74, 6) is 1.21. The van der Waals surface area contributed by atoms with Crippen LogP contribution in [0.4, 0.5) is 5.82 Å². The van der Waals surface area contributed by atoms with E-state index in [4.69, 9.17) is 4.98 Å². The summed E-state index contributed by atoms with van der Waals surface area (Å²) in [6, 6.07) is 5.35. The third-order valence-electron chi connectivity index (χ3n) is 4.39. The molecule has 2 aliphatic rings. The average molecular weight is 273 g/mol. The monoisotopic (exact) mass is 273 g/mol. The molecule has 1 aromatic rings. The van der Waals surface area contributed by atoms with Crippen molar-refractivity contribution < 1.29 is 0 Å². The number of aromatic nitrogens is 1. The Bertz CT molecular complexity index is 432. The van der Waals surface area contributed by atoms with Gasteiger partial charge in [0.25, 0.3) is 0 Å². The first-order valence-electron chi connectivity index (χ1n) is 8.33. The van der Waals surface area contributed by atoms with E-state index < -0.39 is 0 Å². The highest BCUT2D eigenvalue weighted by Gasteiger charge is 2.20. The van der Waals surface area contributed by atoms with E-state index in [1.807, 2.05) is 0 Å². The van der Waals surface area contributed by atoms with Gasteiger partial charge >= 0.3 is 0 Å². The first kappa shape index (κ1) is 13.9. The van der Waals surface area contributed by atoms with Crippen molar-refractivity contribution in [2.45, 2.75) is 64.5 Å². The molecule has 1 saturated carbocycles. The zero-order valence-electron chi connectivity index (χ0n) is 12.7. The lowest BCUT2D eigenvalue weighted by Crippen LogP contribution is -2.25. The van der Waals surface area contributed by atoms with Crippen molar-refractivity contribution >= 4 is 5.82 Å². The molecule has 1 aliphatic heterocycles. The fraction of sp³-hybridized carbons (Fsp3) is 0.706. The van der Waals surface area contributed by atoms with Crippen LogP contribution in [-0.2, 0) is 13.0 Å². The van der Waals surface area contributed by atoms with Crippen LogP contribution in [0.25, 0.3) is 0 Å². The summed E-state index contributed by atoms with van der Waals surface area (Å²) in [4.78, 5) is 7.35. The van der Waals surface area contributed by atoms with Crippen molar-refractivity contribution in [1.29, 1.82) is 0 Å². The van der Waals surface area contributed by atoms with E-state index >= 15 is 0 Å². The fourth-order valence-corrected chi connectivity index (χ4v) is 2.93. The molecule has 0 radical (unpaired) electrons. The number of hydrogen-bond donors (Lipinski definition) is 1. The van der Waals surface area contributed by atoms with Crippen molar-refractivity contribution in [2.24, 2.45) is 0 Å². The second-order valence-corrected chi connectivity index (χ2v) is 6.23. The van der Waals surface area contributed by atoms with Gasteiger partial charge in [0.15, 0.2) is 0 Å². The van der Waals surface area contributed by atoms with E-state index in [1.165, 1.54) is 68.7 Å². The molecule has 0 atom stereocenters. The Labute approximate surface area is 122 Å². The van der Waals surface area contributed by atoms with Gasteiger partial charge in [-0.05, 0) is 49.8 Å². The van der Waals surface area contributed by atoms with Crippen LogP contribution in [0.15, 0.2) is 12.1 Å². The molecule has 0 unspecified atom stereocenters. The van der Waals surface area contributed by atoms with Crippen molar-refractivity contribution in [3.63, 3.8) is 0 Å². The van der Waals surface area contributed by atoms with Gasteiger partial charge in [0.2, 0.25) is 0 Å². The molecule has 1 aromatic heterocycles. The lowest BCUT2D eigenvalue weighted by molar-refractivity contribution is 0.684. The average Bonchev–Trinajstić information content (AvgIpc) is 3.31. The number of nitrogens with one attached hydrogen (secondary N) is 1. The van der Waals surface area contributed by atoms with E-state index in [2.05, 4.69) is 29.3 Å². The molecule has 1 N–H and O–H groups in total. The summed E-state index contributed by atoms with van der Waals surface area (Å²) < 4.78 is 0. The standard InChI is InChI=1S/C17H27N3/c1-2-15-11-14(13-18-16-7-8-16)12-17(19-15)20-9-5-3-4-6-10-20/h11-12,16,18H,2-10,13H2,1H3. The molecular weight excluding hydrogens is 246 g/mol. The van der Waals surface area contributed by atoms with E-state index in [1.54, 1.807) is 0 Å². The van der Waals surface area contributed by atoms with Crippen LogP contribution < -0.4 is 10.2 Å². The molecule has 2 fully saturated rings. The summed E-state index contributed by atoms with van der Waals surface area (Å²) in [6.45, 7) is 5.55. The van der Waals surface area contributed by atoms with Gasteiger partial charge in [-0.25, -0.2) is 4.98 Å². The van der Waals surface area contributed by atoms with Crippen molar-refractivity contribution in [3.8, 4) is 0 Å². The minimum Gasteiger partial charge on any atom is -0.357 e. The quantitative estimate of drug-likeness (QED) is 0.892. The van der Waals surface area contributed by atoms with Crippen LogP contribution >= 0.6 is 0 Å². The number of anilines is 1. The maximum absolute atomic E-state index is 4.86. The number of pyridine rings is 1. The van der Waals surface area contributed by atoms with Crippen LogP contribution in [0, 0.1) is 0 Å². The molecule has 0 aromatic carbocycles. The lowest BCUT2D eigenvalue weighted by atomic mass is 10.2. The molecule has 1 saturated heterocycles. The summed E-state index contributed by atoms with van der Waals surface area (Å²) in [5, 5.41) is 3.62. The second-order valence-electron chi connectivity index (χ2n) is 6.23. The highest BCUT2D eigenvalue weighted by atomic mass is 15.2. The van der Waals surface area contributed by atoms with E-state index in [9.17, 15) is 0 Å². The minimum atomic E-state index is 0.773. The Morgan fingerprint density at radius 1 is 1.15 bits per heavy atom. The molecule has 3 rings (SSSR count). The molecule has 0 bridgehead atoms. The molecule has 0 spiro atoms. The fourth-order valence-electron chi connectivity index (χ4n) is 2.93. The molecule has 0 amide bonds. The highest BCUT2D eigenvalue weighted by Crippen LogP contribution is 2.22. The predicted molar refractivity (Wildman–Crippen MR) is 84.2 cm³/mol. The maximum atomic E-state index is 4.86. The Balaban J connectivity index is 1.74. The van der Waals surface area contributed by atoms with Gasteiger partial charge in [0, 0.05) is 31.4 Å². The molecule has 1 aliphatic carbocycles. The molecule has 110 valence electrons. The summed E-state index contributed by atoms with van der Waals surface area (Å²) in [6.07, 6.45) is 9.11. The first-order valence-corrected chi connectivity index (χ1v) is 8.33. The first-order chi connectivity index (χ1) is 9.85.